The summed E-state index contributed by atoms with van der Waals surface area (Å²) in [6.07, 6.45) is 7.89. The summed E-state index contributed by atoms with van der Waals surface area (Å²) >= 11 is 0. The Balaban J connectivity index is 1.44. The lowest BCUT2D eigenvalue weighted by Gasteiger charge is -2.36. The van der Waals surface area contributed by atoms with Crippen LogP contribution in [0.25, 0.3) is 0 Å². The normalized spacial score (nSPS) is 17.3. The first-order chi connectivity index (χ1) is 16.8. The highest BCUT2D eigenvalue weighted by Gasteiger charge is 2.30. The molecule has 0 bridgehead atoms. The number of likely N-dealkylation sites (N-methyl/N-ethyl adjacent to an activating group) is 1. The molecule has 0 saturated carbocycles. The average molecular weight is 490 g/mol. The van der Waals surface area contributed by atoms with E-state index in [9.17, 15) is 9.47 Å². The number of nitrogens with zero attached hydrogens (tertiary/aromatic N) is 7. The zero-order chi connectivity index (χ0) is 24.6. The maximum atomic E-state index is 12.0. The Labute approximate surface area is 205 Å². The highest BCUT2D eigenvalue weighted by molar-refractivity contribution is 7.92. The SMILES string of the molecule is CN1Cc2cc(Nc3ncc(C#N)c(Nc4cccc(N=S(C)(C)=O)n4)n3)nc3c2C(CCC3)C1. The van der Waals surface area contributed by atoms with Gasteiger partial charge in [0.2, 0.25) is 5.95 Å². The summed E-state index contributed by atoms with van der Waals surface area (Å²) in [6, 6.07) is 9.34. The van der Waals surface area contributed by atoms with Gasteiger partial charge in [0.05, 0.1) is 6.20 Å². The van der Waals surface area contributed by atoms with Crippen molar-refractivity contribution >= 4 is 38.9 Å². The highest BCUT2D eigenvalue weighted by Crippen LogP contribution is 2.38. The van der Waals surface area contributed by atoms with Crippen molar-refractivity contribution in [3.8, 4) is 6.07 Å². The van der Waals surface area contributed by atoms with Crippen LogP contribution in [0.4, 0.5) is 29.2 Å². The summed E-state index contributed by atoms with van der Waals surface area (Å²) < 4.78 is 16.1. The van der Waals surface area contributed by atoms with Crippen molar-refractivity contribution in [2.24, 2.45) is 4.36 Å². The van der Waals surface area contributed by atoms with Crippen LogP contribution >= 0.6 is 0 Å². The van der Waals surface area contributed by atoms with E-state index in [1.807, 2.05) is 0 Å². The number of aromatic nitrogens is 4. The van der Waals surface area contributed by atoms with Crippen LogP contribution in [0, 0.1) is 11.3 Å². The number of hydrogen-bond donors (Lipinski definition) is 2. The molecular weight excluding hydrogens is 462 g/mol. The lowest BCUT2D eigenvalue weighted by molar-refractivity contribution is 0.265. The summed E-state index contributed by atoms with van der Waals surface area (Å²) in [5.74, 6) is 2.66. The molecule has 0 amide bonds. The third-order valence-electron chi connectivity index (χ3n) is 6.01. The number of hydrogen-bond acceptors (Lipinski definition) is 10. The van der Waals surface area contributed by atoms with Crippen LogP contribution in [0.2, 0.25) is 0 Å². The van der Waals surface area contributed by atoms with Gasteiger partial charge in [0, 0.05) is 41.0 Å². The molecule has 35 heavy (non-hydrogen) atoms. The zero-order valence-corrected chi connectivity index (χ0v) is 20.8. The summed E-state index contributed by atoms with van der Waals surface area (Å²) in [5, 5.41) is 15.8. The standard InChI is InChI=1S/C24H27N9OS/c1-33-13-15-6-4-7-18-22(15)16(14-33)10-21(27-18)30-24-26-12-17(11-25)23(31-24)29-19-8-5-9-20(28-19)32-35(2,3)34/h5,8-10,12,15H,4,6-7,13-14H2,1-3H3,(H2,26,27,28,29,30,31). The van der Waals surface area contributed by atoms with Crippen molar-refractivity contribution < 1.29 is 4.21 Å². The van der Waals surface area contributed by atoms with Crippen LogP contribution in [0.5, 0.6) is 0 Å². The van der Waals surface area contributed by atoms with Crippen LogP contribution < -0.4 is 10.6 Å². The van der Waals surface area contributed by atoms with E-state index >= 15 is 0 Å². The number of aryl methyl sites for hydroxylation is 1. The van der Waals surface area contributed by atoms with Gasteiger partial charge < -0.3 is 15.5 Å². The second-order valence-electron chi connectivity index (χ2n) is 9.28. The number of rotatable bonds is 5. The van der Waals surface area contributed by atoms with Crippen molar-refractivity contribution in [3.05, 3.63) is 52.8 Å². The molecule has 1 atom stereocenters. The summed E-state index contributed by atoms with van der Waals surface area (Å²) in [5.41, 5.74) is 4.15. The Morgan fingerprint density at radius 1 is 1.20 bits per heavy atom. The van der Waals surface area contributed by atoms with Gasteiger partial charge in [-0.15, -0.1) is 0 Å². The van der Waals surface area contributed by atoms with E-state index in [0.29, 0.717) is 35.1 Å². The van der Waals surface area contributed by atoms with Gasteiger partial charge in [-0.05, 0) is 61.6 Å². The molecule has 3 aromatic heterocycles. The molecule has 1 aliphatic carbocycles. The highest BCUT2D eigenvalue weighted by atomic mass is 32.2. The number of pyridine rings is 2. The molecule has 180 valence electrons. The number of anilines is 4. The van der Waals surface area contributed by atoms with Gasteiger partial charge in [0.1, 0.15) is 23.3 Å². The predicted molar refractivity (Wildman–Crippen MR) is 136 cm³/mol. The molecule has 5 rings (SSSR count). The Morgan fingerprint density at radius 2 is 2.06 bits per heavy atom. The molecule has 1 unspecified atom stereocenters. The Bertz CT molecular complexity index is 1450. The van der Waals surface area contributed by atoms with Gasteiger partial charge in [0.15, 0.2) is 11.6 Å². The molecule has 2 N–H and O–H groups in total. The first kappa shape index (κ1) is 23.1. The monoisotopic (exact) mass is 489 g/mol. The van der Waals surface area contributed by atoms with Crippen molar-refractivity contribution in [2.45, 2.75) is 31.7 Å². The van der Waals surface area contributed by atoms with E-state index in [-0.39, 0.29) is 5.56 Å². The maximum Gasteiger partial charge on any atom is 0.230 e. The molecule has 0 radical (unpaired) electrons. The second kappa shape index (κ2) is 9.20. The van der Waals surface area contributed by atoms with Crippen molar-refractivity contribution in [1.82, 2.24) is 24.8 Å². The van der Waals surface area contributed by atoms with Gasteiger partial charge in [-0.1, -0.05) is 6.07 Å². The van der Waals surface area contributed by atoms with Crippen LogP contribution in [0.3, 0.4) is 0 Å². The van der Waals surface area contributed by atoms with Gasteiger partial charge in [0.25, 0.3) is 0 Å². The van der Waals surface area contributed by atoms with Gasteiger partial charge >= 0.3 is 0 Å². The molecule has 2 aliphatic rings. The Hall–Kier alpha value is -3.62. The molecule has 3 aromatic rings. The fourth-order valence-corrected chi connectivity index (χ4v) is 5.30. The fraction of sp³-hybridized carbons (Fsp3) is 0.375. The molecule has 0 aromatic carbocycles. The van der Waals surface area contributed by atoms with Crippen LogP contribution in [0.1, 0.15) is 41.1 Å². The van der Waals surface area contributed by atoms with E-state index < -0.39 is 9.73 Å². The Morgan fingerprint density at radius 3 is 2.86 bits per heavy atom. The van der Waals surface area contributed by atoms with Crippen molar-refractivity contribution in [3.63, 3.8) is 0 Å². The second-order valence-corrected chi connectivity index (χ2v) is 11.8. The minimum Gasteiger partial charge on any atom is -0.324 e. The van der Waals surface area contributed by atoms with Crippen LogP contribution in [0.15, 0.2) is 34.8 Å². The number of nitriles is 1. The van der Waals surface area contributed by atoms with Crippen molar-refractivity contribution in [2.75, 3.05) is 36.7 Å². The maximum absolute atomic E-state index is 12.0. The van der Waals surface area contributed by atoms with Gasteiger partial charge in [-0.25, -0.2) is 19.2 Å². The first-order valence-electron chi connectivity index (χ1n) is 11.4. The average Bonchev–Trinajstić information content (AvgIpc) is 2.78. The topological polar surface area (TPSA) is 132 Å². The predicted octanol–water partition coefficient (Wildman–Crippen LogP) is 3.85. The first-order valence-corrected chi connectivity index (χ1v) is 13.8. The van der Waals surface area contributed by atoms with E-state index in [1.54, 1.807) is 30.7 Å². The quantitative estimate of drug-likeness (QED) is 0.548. The molecule has 11 heteroatoms. The van der Waals surface area contributed by atoms with E-state index in [1.165, 1.54) is 23.7 Å². The van der Waals surface area contributed by atoms with Crippen LogP contribution in [-0.2, 0) is 22.7 Å². The largest absolute Gasteiger partial charge is 0.324 e. The lowest BCUT2D eigenvalue weighted by atomic mass is 9.80. The van der Waals surface area contributed by atoms with Gasteiger partial charge in [-0.3, -0.25) is 0 Å². The molecular formula is C24H27N9OS. The van der Waals surface area contributed by atoms with Gasteiger partial charge in [-0.2, -0.15) is 14.6 Å². The molecule has 0 saturated heterocycles. The summed E-state index contributed by atoms with van der Waals surface area (Å²) in [6.45, 7) is 1.98. The summed E-state index contributed by atoms with van der Waals surface area (Å²) in [7, 11) is -0.195. The van der Waals surface area contributed by atoms with Crippen LogP contribution in [-0.4, -0.2) is 55.1 Å². The molecule has 10 nitrogen and oxygen atoms in total. The van der Waals surface area contributed by atoms with E-state index in [2.05, 4.69) is 54.0 Å². The van der Waals surface area contributed by atoms with Crippen molar-refractivity contribution in [1.29, 1.82) is 5.26 Å². The third-order valence-corrected chi connectivity index (χ3v) is 6.64. The minimum absolute atomic E-state index is 0.271. The molecule has 0 spiro atoms. The zero-order valence-electron chi connectivity index (χ0n) is 19.9. The van der Waals surface area contributed by atoms with E-state index in [4.69, 9.17) is 4.98 Å². The molecule has 0 fully saturated rings. The molecule has 4 heterocycles. The fourth-order valence-electron chi connectivity index (χ4n) is 4.75. The minimum atomic E-state index is -2.35. The summed E-state index contributed by atoms with van der Waals surface area (Å²) in [4.78, 5) is 20.4. The third kappa shape index (κ3) is 5.23. The number of nitrogens with one attached hydrogen (secondary N) is 2. The Kier molecular flexibility index (Phi) is 6.08. The van der Waals surface area contributed by atoms with E-state index in [0.717, 1.165) is 31.6 Å². The lowest BCUT2D eigenvalue weighted by Crippen LogP contribution is -2.33. The molecule has 1 aliphatic heterocycles. The smallest absolute Gasteiger partial charge is 0.230 e.